The summed E-state index contributed by atoms with van der Waals surface area (Å²) < 4.78 is 66.5. The topological polar surface area (TPSA) is 82.2 Å². The Hall–Kier alpha value is -4.48. The number of allylic oxidation sites excluding steroid dienone is 1. The normalized spacial score (nSPS) is 16.8. The minimum Gasteiger partial charge on any atom is -0.493 e. The maximum Gasteiger partial charge on any atom is 0.431 e. The SMILES string of the molecule is Fc1ccc2c(c1CN=C1c3ncccc3C3=C(C(F)(F)F)NCn4ccc(c43)-c3nncn31)CCO2. The summed E-state index contributed by atoms with van der Waals surface area (Å²) >= 11 is 0. The highest BCUT2D eigenvalue weighted by Gasteiger charge is 2.42. The predicted octanol–water partition coefficient (Wildman–Crippen LogP) is 3.91. The average molecular weight is 507 g/mol. The summed E-state index contributed by atoms with van der Waals surface area (Å²) in [5.41, 5.74) is 1.46. The summed E-state index contributed by atoms with van der Waals surface area (Å²) in [6.07, 6.45) is 0.521. The van der Waals surface area contributed by atoms with Crippen molar-refractivity contribution in [3.63, 3.8) is 0 Å². The molecule has 4 aromatic rings. The number of pyridine rings is 1. The van der Waals surface area contributed by atoms with Crippen LogP contribution in [0.5, 0.6) is 5.75 Å². The Labute approximate surface area is 207 Å². The van der Waals surface area contributed by atoms with Crippen LogP contribution >= 0.6 is 0 Å². The molecule has 12 heteroatoms. The standard InChI is InChI=1S/C25H17F4N7O/c26-17-3-4-18-13(6-9-37-18)16(17)10-31-24-20-14(2-1-7-30-20)19-21-15(23-34-33-12-36(23)24)5-8-35(21)11-32-22(19)25(27,28)29/h1-5,7-8,12,32H,6,9-11H2. The molecular formula is C25H17F4N7O. The summed E-state index contributed by atoms with van der Waals surface area (Å²) in [5, 5.41) is 10.8. The highest BCUT2D eigenvalue weighted by atomic mass is 19.4. The number of aliphatic imine (C=N–C) groups is 1. The van der Waals surface area contributed by atoms with E-state index >= 15 is 0 Å². The van der Waals surface area contributed by atoms with Gasteiger partial charge in [-0.3, -0.25) is 14.5 Å². The van der Waals surface area contributed by atoms with Gasteiger partial charge in [-0.1, -0.05) is 6.07 Å². The molecule has 0 unspecified atom stereocenters. The first-order valence-electron chi connectivity index (χ1n) is 11.5. The average Bonchev–Trinajstić information content (AvgIpc) is 3.63. The Morgan fingerprint density at radius 3 is 2.89 bits per heavy atom. The van der Waals surface area contributed by atoms with Crippen molar-refractivity contribution in [3.8, 4) is 17.1 Å². The molecule has 3 aliphatic rings. The van der Waals surface area contributed by atoms with Crippen molar-refractivity contribution in [2.45, 2.75) is 25.8 Å². The molecule has 0 saturated carbocycles. The second-order valence-electron chi connectivity index (χ2n) is 8.80. The zero-order chi connectivity index (χ0) is 25.3. The van der Waals surface area contributed by atoms with Crippen LogP contribution in [0.15, 0.2) is 59.7 Å². The summed E-state index contributed by atoms with van der Waals surface area (Å²) in [4.78, 5) is 9.16. The van der Waals surface area contributed by atoms with Crippen LogP contribution in [-0.4, -0.2) is 42.9 Å². The first-order valence-corrected chi connectivity index (χ1v) is 11.5. The summed E-state index contributed by atoms with van der Waals surface area (Å²) in [6.45, 7) is 0.320. The van der Waals surface area contributed by atoms with Gasteiger partial charge in [-0.25, -0.2) is 4.39 Å². The number of nitrogens with one attached hydrogen (secondary N) is 1. The summed E-state index contributed by atoms with van der Waals surface area (Å²) in [5.74, 6) is 0.705. The van der Waals surface area contributed by atoms with E-state index in [-0.39, 0.29) is 35.9 Å². The molecule has 186 valence electrons. The van der Waals surface area contributed by atoms with Gasteiger partial charge in [0.1, 0.15) is 29.3 Å². The van der Waals surface area contributed by atoms with Crippen LogP contribution in [0.3, 0.4) is 0 Å². The van der Waals surface area contributed by atoms with Crippen molar-refractivity contribution in [2.24, 2.45) is 4.99 Å². The maximum atomic E-state index is 14.9. The molecular weight excluding hydrogens is 490 g/mol. The Balaban J connectivity index is 1.51. The molecule has 1 N–H and O–H groups in total. The van der Waals surface area contributed by atoms with E-state index in [9.17, 15) is 17.6 Å². The Bertz CT molecular complexity index is 1650. The number of hydrogen-bond donors (Lipinski definition) is 1. The molecule has 0 radical (unpaired) electrons. The third-order valence-electron chi connectivity index (χ3n) is 6.79. The summed E-state index contributed by atoms with van der Waals surface area (Å²) in [6, 6.07) is 7.78. The number of alkyl halides is 3. The quantitative estimate of drug-likeness (QED) is 0.367. The molecule has 0 fully saturated rings. The lowest BCUT2D eigenvalue weighted by Gasteiger charge is -2.29. The minimum atomic E-state index is -4.65. The summed E-state index contributed by atoms with van der Waals surface area (Å²) in [7, 11) is 0. The number of benzene rings is 1. The van der Waals surface area contributed by atoms with Crippen LogP contribution in [0.1, 0.15) is 28.1 Å². The molecule has 0 bridgehead atoms. The van der Waals surface area contributed by atoms with Crippen LogP contribution < -0.4 is 10.1 Å². The van der Waals surface area contributed by atoms with Gasteiger partial charge < -0.3 is 14.6 Å². The Morgan fingerprint density at radius 1 is 1.14 bits per heavy atom. The highest BCUT2D eigenvalue weighted by Crippen LogP contribution is 2.43. The molecule has 0 atom stereocenters. The lowest BCUT2D eigenvalue weighted by Crippen LogP contribution is -2.35. The third-order valence-corrected chi connectivity index (χ3v) is 6.79. The van der Waals surface area contributed by atoms with Gasteiger partial charge in [0.25, 0.3) is 0 Å². The molecule has 0 amide bonds. The Morgan fingerprint density at radius 2 is 2.03 bits per heavy atom. The smallest absolute Gasteiger partial charge is 0.431 e. The van der Waals surface area contributed by atoms with Gasteiger partial charge in [0, 0.05) is 46.6 Å². The number of nitrogens with zero attached hydrogens (tertiary/aromatic N) is 6. The molecule has 6 heterocycles. The van der Waals surface area contributed by atoms with Crippen LogP contribution in [-0.2, 0) is 19.6 Å². The van der Waals surface area contributed by atoms with E-state index in [0.29, 0.717) is 41.4 Å². The highest BCUT2D eigenvalue weighted by molar-refractivity contribution is 6.08. The molecule has 0 saturated heterocycles. The largest absolute Gasteiger partial charge is 0.493 e. The number of ether oxygens (including phenoxy) is 1. The predicted molar refractivity (Wildman–Crippen MR) is 124 cm³/mol. The van der Waals surface area contributed by atoms with Crippen molar-refractivity contribution in [1.29, 1.82) is 0 Å². The van der Waals surface area contributed by atoms with E-state index in [1.54, 1.807) is 39.6 Å². The number of hydrogen-bond acceptors (Lipinski definition) is 6. The van der Waals surface area contributed by atoms with Gasteiger partial charge in [-0.05, 0) is 24.3 Å². The number of aromatic nitrogens is 5. The van der Waals surface area contributed by atoms with Crippen LogP contribution in [0.4, 0.5) is 17.6 Å². The second kappa shape index (κ2) is 7.76. The molecule has 0 spiro atoms. The van der Waals surface area contributed by atoms with E-state index in [2.05, 4.69) is 20.5 Å². The van der Waals surface area contributed by atoms with Gasteiger partial charge in [-0.2, -0.15) is 13.2 Å². The van der Waals surface area contributed by atoms with Crippen molar-refractivity contribution < 1.29 is 22.3 Å². The molecule has 0 aliphatic carbocycles. The van der Waals surface area contributed by atoms with Crippen molar-refractivity contribution in [3.05, 3.63) is 88.6 Å². The zero-order valence-electron chi connectivity index (χ0n) is 19.1. The van der Waals surface area contributed by atoms with Gasteiger partial charge in [0.05, 0.1) is 25.5 Å². The van der Waals surface area contributed by atoms with Crippen molar-refractivity contribution >= 4 is 11.4 Å². The van der Waals surface area contributed by atoms with Crippen molar-refractivity contribution in [1.82, 2.24) is 29.6 Å². The maximum absolute atomic E-state index is 14.9. The third kappa shape index (κ3) is 3.21. The van der Waals surface area contributed by atoms with E-state index < -0.39 is 17.7 Å². The van der Waals surface area contributed by atoms with Crippen molar-refractivity contribution in [2.75, 3.05) is 6.61 Å². The molecule has 3 aliphatic heterocycles. The van der Waals surface area contributed by atoms with Crippen LogP contribution in [0.25, 0.3) is 17.0 Å². The molecule has 1 aromatic carbocycles. The second-order valence-corrected chi connectivity index (χ2v) is 8.80. The molecule has 7 rings (SSSR count). The lowest BCUT2D eigenvalue weighted by molar-refractivity contribution is -0.0972. The number of rotatable bonds is 2. The lowest BCUT2D eigenvalue weighted by atomic mass is 9.92. The van der Waals surface area contributed by atoms with Crippen LogP contribution in [0.2, 0.25) is 0 Å². The van der Waals surface area contributed by atoms with E-state index in [1.807, 2.05) is 0 Å². The fraction of sp³-hybridized carbons (Fsp3) is 0.200. The van der Waals surface area contributed by atoms with E-state index in [4.69, 9.17) is 9.73 Å². The van der Waals surface area contributed by atoms with Gasteiger partial charge in [0.2, 0.25) is 0 Å². The monoisotopic (exact) mass is 507 g/mol. The zero-order valence-corrected chi connectivity index (χ0v) is 19.1. The Kier molecular flexibility index (Phi) is 4.57. The van der Waals surface area contributed by atoms with E-state index in [0.717, 1.165) is 5.56 Å². The fourth-order valence-electron chi connectivity index (χ4n) is 5.20. The molecule has 3 aromatic heterocycles. The van der Waals surface area contributed by atoms with Gasteiger partial charge >= 0.3 is 6.18 Å². The minimum absolute atomic E-state index is 0.0519. The number of halogens is 4. The molecule has 37 heavy (non-hydrogen) atoms. The van der Waals surface area contributed by atoms with Gasteiger partial charge in [0.15, 0.2) is 11.7 Å². The van der Waals surface area contributed by atoms with E-state index in [1.165, 1.54) is 18.6 Å². The first kappa shape index (κ1) is 21.8. The number of fused-ring (bicyclic) bond motifs is 5. The fourth-order valence-corrected chi connectivity index (χ4v) is 5.20. The van der Waals surface area contributed by atoms with Gasteiger partial charge in [-0.15, -0.1) is 10.2 Å². The first-order chi connectivity index (χ1) is 17.9. The van der Waals surface area contributed by atoms with Crippen LogP contribution in [0, 0.1) is 5.82 Å². The molecule has 8 nitrogen and oxygen atoms in total.